The lowest BCUT2D eigenvalue weighted by Gasteiger charge is -2.31. The summed E-state index contributed by atoms with van der Waals surface area (Å²) in [6, 6.07) is 0.249. The fourth-order valence-corrected chi connectivity index (χ4v) is 3.01. The molecule has 1 aliphatic carbocycles. The largest absolute Gasteiger partial charge is 0.396 e. The van der Waals surface area contributed by atoms with Crippen molar-refractivity contribution in [3.05, 3.63) is 0 Å². The average Bonchev–Trinajstić information content (AvgIpc) is 2.36. The molecule has 0 aliphatic heterocycles. The number of hydrogen-bond donors (Lipinski definition) is 3. The summed E-state index contributed by atoms with van der Waals surface area (Å²) < 4.78 is 0. The standard InChI is InChI=1S/C13H26N2O2S/c1-10(7-8-18-2)14-13(17)15-12-6-4-3-5-11(12)9-16/h10-12,16H,3-9H2,1-2H3,(H2,14,15,17)/t10-,11+,12+/m0/s1. The Balaban J connectivity index is 2.29. The zero-order valence-corrected chi connectivity index (χ0v) is 12.3. The zero-order chi connectivity index (χ0) is 13.4. The molecule has 106 valence electrons. The van der Waals surface area contributed by atoms with E-state index in [1.165, 1.54) is 0 Å². The van der Waals surface area contributed by atoms with E-state index in [4.69, 9.17) is 0 Å². The number of carbonyl (C=O) groups is 1. The van der Waals surface area contributed by atoms with Crippen LogP contribution in [-0.4, -0.2) is 41.8 Å². The van der Waals surface area contributed by atoms with Crippen molar-refractivity contribution in [2.75, 3.05) is 18.6 Å². The van der Waals surface area contributed by atoms with E-state index in [1.54, 1.807) is 11.8 Å². The van der Waals surface area contributed by atoms with Gasteiger partial charge in [-0.1, -0.05) is 12.8 Å². The summed E-state index contributed by atoms with van der Waals surface area (Å²) in [7, 11) is 0. The van der Waals surface area contributed by atoms with Gasteiger partial charge in [-0.15, -0.1) is 0 Å². The van der Waals surface area contributed by atoms with E-state index in [9.17, 15) is 9.90 Å². The van der Waals surface area contributed by atoms with E-state index in [0.717, 1.165) is 37.9 Å². The van der Waals surface area contributed by atoms with Crippen LogP contribution in [0.4, 0.5) is 4.79 Å². The zero-order valence-electron chi connectivity index (χ0n) is 11.4. The molecule has 1 rings (SSSR count). The van der Waals surface area contributed by atoms with Crippen LogP contribution in [0.25, 0.3) is 0 Å². The molecule has 18 heavy (non-hydrogen) atoms. The highest BCUT2D eigenvalue weighted by Gasteiger charge is 2.25. The predicted octanol–water partition coefficient (Wildman–Crippen LogP) is 1.98. The summed E-state index contributed by atoms with van der Waals surface area (Å²) in [6.07, 6.45) is 7.36. The Morgan fingerprint density at radius 3 is 2.83 bits per heavy atom. The van der Waals surface area contributed by atoms with Crippen molar-refractivity contribution >= 4 is 17.8 Å². The first kappa shape index (κ1) is 15.6. The van der Waals surface area contributed by atoms with Crippen molar-refractivity contribution in [1.82, 2.24) is 10.6 Å². The van der Waals surface area contributed by atoms with Crippen molar-refractivity contribution in [2.45, 2.75) is 51.1 Å². The van der Waals surface area contributed by atoms with Crippen molar-refractivity contribution in [3.8, 4) is 0 Å². The maximum absolute atomic E-state index is 11.8. The summed E-state index contributed by atoms with van der Waals surface area (Å²) >= 11 is 1.79. The first-order valence-electron chi connectivity index (χ1n) is 6.84. The molecule has 2 amide bonds. The van der Waals surface area contributed by atoms with Gasteiger partial charge in [0.1, 0.15) is 0 Å². The minimum absolute atomic E-state index is 0.0889. The maximum atomic E-state index is 11.8. The van der Waals surface area contributed by atoms with Gasteiger partial charge in [-0.3, -0.25) is 0 Å². The highest BCUT2D eigenvalue weighted by molar-refractivity contribution is 7.98. The smallest absolute Gasteiger partial charge is 0.315 e. The molecule has 0 aromatic heterocycles. The normalized spacial score (nSPS) is 25.5. The maximum Gasteiger partial charge on any atom is 0.315 e. The van der Waals surface area contributed by atoms with Crippen LogP contribution in [0.3, 0.4) is 0 Å². The molecule has 1 saturated carbocycles. The van der Waals surface area contributed by atoms with Crippen molar-refractivity contribution in [2.24, 2.45) is 5.92 Å². The number of aliphatic hydroxyl groups excluding tert-OH is 1. The Morgan fingerprint density at radius 1 is 1.44 bits per heavy atom. The van der Waals surface area contributed by atoms with Crippen LogP contribution < -0.4 is 10.6 Å². The second-order valence-corrected chi connectivity index (χ2v) is 6.12. The minimum Gasteiger partial charge on any atom is -0.396 e. The number of thioether (sulfide) groups is 1. The topological polar surface area (TPSA) is 61.4 Å². The molecule has 0 bridgehead atoms. The quantitative estimate of drug-likeness (QED) is 0.694. The molecule has 0 spiro atoms. The van der Waals surface area contributed by atoms with Gasteiger partial charge < -0.3 is 15.7 Å². The second kappa shape index (κ2) is 8.64. The van der Waals surface area contributed by atoms with Crippen molar-refractivity contribution in [3.63, 3.8) is 0 Å². The monoisotopic (exact) mass is 274 g/mol. The van der Waals surface area contributed by atoms with E-state index in [1.807, 2.05) is 6.92 Å². The number of aliphatic hydroxyl groups is 1. The van der Waals surface area contributed by atoms with Crippen molar-refractivity contribution in [1.29, 1.82) is 0 Å². The van der Waals surface area contributed by atoms with Crippen LogP contribution in [0.5, 0.6) is 0 Å². The molecule has 5 heteroatoms. The van der Waals surface area contributed by atoms with E-state index in [-0.39, 0.29) is 30.6 Å². The summed E-state index contributed by atoms with van der Waals surface area (Å²) in [5.41, 5.74) is 0. The van der Waals surface area contributed by atoms with Crippen LogP contribution in [0.1, 0.15) is 39.0 Å². The number of amides is 2. The third-order valence-electron chi connectivity index (χ3n) is 3.59. The Labute approximate surface area is 114 Å². The van der Waals surface area contributed by atoms with Crippen LogP contribution in [0, 0.1) is 5.92 Å². The van der Waals surface area contributed by atoms with Gasteiger partial charge in [0.15, 0.2) is 0 Å². The number of carbonyl (C=O) groups excluding carboxylic acids is 1. The lowest BCUT2D eigenvalue weighted by molar-refractivity contribution is 0.153. The predicted molar refractivity (Wildman–Crippen MR) is 77.0 cm³/mol. The highest BCUT2D eigenvalue weighted by atomic mass is 32.2. The second-order valence-electron chi connectivity index (χ2n) is 5.13. The lowest BCUT2D eigenvalue weighted by atomic mass is 9.85. The van der Waals surface area contributed by atoms with Crippen molar-refractivity contribution < 1.29 is 9.90 Å². The van der Waals surface area contributed by atoms with E-state index in [0.29, 0.717) is 0 Å². The first-order chi connectivity index (χ1) is 8.67. The average molecular weight is 274 g/mol. The summed E-state index contributed by atoms with van der Waals surface area (Å²) in [4.78, 5) is 11.8. The Hall–Kier alpha value is -0.420. The van der Waals surface area contributed by atoms with Gasteiger partial charge in [0.05, 0.1) is 0 Å². The summed E-state index contributed by atoms with van der Waals surface area (Å²) in [5.74, 6) is 1.29. The molecule has 4 nitrogen and oxygen atoms in total. The molecule has 0 heterocycles. The molecule has 1 fully saturated rings. The molecular formula is C13H26N2O2S. The van der Waals surface area contributed by atoms with Gasteiger partial charge in [-0.2, -0.15) is 11.8 Å². The third kappa shape index (κ3) is 5.48. The number of hydrogen-bond acceptors (Lipinski definition) is 3. The molecule has 0 radical (unpaired) electrons. The fraction of sp³-hybridized carbons (Fsp3) is 0.923. The van der Waals surface area contributed by atoms with Gasteiger partial charge in [-0.05, 0) is 38.2 Å². The molecule has 0 aromatic rings. The molecule has 3 N–H and O–H groups in total. The third-order valence-corrected chi connectivity index (χ3v) is 4.24. The van der Waals surface area contributed by atoms with E-state index < -0.39 is 0 Å². The molecule has 3 atom stereocenters. The molecule has 1 aliphatic rings. The number of nitrogens with one attached hydrogen (secondary N) is 2. The van der Waals surface area contributed by atoms with Gasteiger partial charge in [0.25, 0.3) is 0 Å². The lowest BCUT2D eigenvalue weighted by Crippen LogP contribution is -2.49. The summed E-state index contributed by atoms with van der Waals surface area (Å²) in [5, 5.41) is 15.3. The number of rotatable bonds is 6. The Morgan fingerprint density at radius 2 is 2.17 bits per heavy atom. The fourth-order valence-electron chi connectivity index (χ4n) is 2.42. The van der Waals surface area contributed by atoms with E-state index >= 15 is 0 Å². The van der Waals surface area contributed by atoms with Gasteiger partial charge >= 0.3 is 6.03 Å². The Bertz CT molecular complexity index is 251. The molecule has 0 unspecified atom stereocenters. The first-order valence-corrected chi connectivity index (χ1v) is 8.23. The highest BCUT2D eigenvalue weighted by Crippen LogP contribution is 2.23. The van der Waals surface area contributed by atoms with Gasteiger partial charge in [-0.25, -0.2) is 4.79 Å². The Kier molecular flexibility index (Phi) is 7.51. The van der Waals surface area contributed by atoms with Gasteiger partial charge in [0, 0.05) is 24.6 Å². The van der Waals surface area contributed by atoms with Crippen LogP contribution >= 0.6 is 11.8 Å². The van der Waals surface area contributed by atoms with Crippen LogP contribution in [0.15, 0.2) is 0 Å². The SMILES string of the molecule is CSCC[C@H](C)NC(=O)N[C@@H]1CCCC[C@@H]1CO. The molecule has 0 aromatic carbocycles. The van der Waals surface area contributed by atoms with E-state index in [2.05, 4.69) is 16.9 Å². The summed E-state index contributed by atoms with van der Waals surface area (Å²) in [6.45, 7) is 2.20. The van der Waals surface area contributed by atoms with Crippen LogP contribution in [-0.2, 0) is 0 Å². The minimum atomic E-state index is -0.0889. The molecular weight excluding hydrogens is 248 g/mol. The number of urea groups is 1. The van der Waals surface area contributed by atoms with Gasteiger partial charge in [0.2, 0.25) is 0 Å². The molecule has 0 saturated heterocycles. The van der Waals surface area contributed by atoms with Crippen LogP contribution in [0.2, 0.25) is 0 Å².